The second-order valence-electron chi connectivity index (χ2n) is 16.8. The van der Waals surface area contributed by atoms with Gasteiger partial charge in [-0.1, -0.05) is 19.7 Å². The highest BCUT2D eigenvalue weighted by molar-refractivity contribution is 5.92. The van der Waals surface area contributed by atoms with Gasteiger partial charge in [0.15, 0.2) is 0 Å². The molecule has 0 aliphatic rings. The lowest BCUT2D eigenvalue weighted by molar-refractivity contribution is 0.0725. The van der Waals surface area contributed by atoms with Crippen LogP contribution >= 0.6 is 0 Å². The van der Waals surface area contributed by atoms with E-state index < -0.39 is 17.9 Å². The number of esters is 3. The summed E-state index contributed by atoms with van der Waals surface area (Å²) in [5.41, 5.74) is 2.81. The maximum Gasteiger partial charge on any atom is 0.343 e. The van der Waals surface area contributed by atoms with Crippen LogP contribution in [0.2, 0.25) is 0 Å². The van der Waals surface area contributed by atoms with E-state index >= 15 is 0 Å². The maximum atomic E-state index is 13.0. The minimum atomic E-state index is -0.534. The summed E-state index contributed by atoms with van der Waals surface area (Å²) >= 11 is 0. The summed E-state index contributed by atoms with van der Waals surface area (Å²) in [6.07, 6.45) is 9.19. The average Bonchev–Trinajstić information content (AvgIpc) is 3.46. The first-order chi connectivity index (χ1) is 38.2. The zero-order valence-electron chi connectivity index (χ0n) is 42.9. The molecule has 0 fully saturated rings. The van der Waals surface area contributed by atoms with Crippen molar-refractivity contribution >= 4 is 52.8 Å². The molecule has 7 aromatic rings. The lowest BCUT2D eigenvalue weighted by Crippen LogP contribution is -2.09. The number of benzene rings is 6. The van der Waals surface area contributed by atoms with Crippen LogP contribution in [-0.4, -0.2) is 72.5 Å². The molecule has 1 heterocycles. The number of carbonyl (C=O) groups excluding carboxylic acids is 3. The minimum Gasteiger partial charge on any atom is -0.502 e. The van der Waals surface area contributed by atoms with Gasteiger partial charge in [0.2, 0.25) is 17.8 Å². The molecule has 0 aliphatic carbocycles. The van der Waals surface area contributed by atoms with Crippen LogP contribution in [0.5, 0.6) is 34.5 Å². The van der Waals surface area contributed by atoms with E-state index in [4.69, 9.17) is 42.6 Å². The molecule has 18 nitrogen and oxygen atoms in total. The van der Waals surface area contributed by atoms with Crippen LogP contribution in [0.15, 0.2) is 184 Å². The van der Waals surface area contributed by atoms with E-state index in [2.05, 4.69) is 50.6 Å². The molecule has 0 atom stereocenters. The summed E-state index contributed by atoms with van der Waals surface area (Å²) in [5.74, 6) is 1.75. The van der Waals surface area contributed by atoms with Gasteiger partial charge in [-0.2, -0.15) is 15.0 Å². The summed E-state index contributed by atoms with van der Waals surface area (Å²) in [4.78, 5) is 52.9. The van der Waals surface area contributed by atoms with Crippen molar-refractivity contribution in [1.29, 1.82) is 0 Å². The van der Waals surface area contributed by atoms with E-state index in [-0.39, 0.29) is 17.8 Å². The number of rotatable bonds is 33. The van der Waals surface area contributed by atoms with Crippen LogP contribution in [0.25, 0.3) is 0 Å². The quantitative estimate of drug-likeness (QED) is 0.0151. The number of hydrogen-bond donors (Lipinski definition) is 3. The smallest absolute Gasteiger partial charge is 0.343 e. The van der Waals surface area contributed by atoms with E-state index in [0.29, 0.717) is 108 Å². The van der Waals surface area contributed by atoms with Gasteiger partial charge in [0.1, 0.15) is 34.5 Å². The lowest BCUT2D eigenvalue weighted by atomic mass is 10.2. The molecule has 78 heavy (non-hydrogen) atoms. The molecule has 0 radical (unpaired) electrons. The fourth-order valence-electron chi connectivity index (χ4n) is 6.99. The fourth-order valence-corrected chi connectivity index (χ4v) is 6.99. The molecule has 0 saturated heterocycles. The van der Waals surface area contributed by atoms with Gasteiger partial charge < -0.3 is 58.6 Å². The van der Waals surface area contributed by atoms with Crippen molar-refractivity contribution in [2.75, 3.05) is 55.6 Å². The van der Waals surface area contributed by atoms with Crippen LogP contribution in [-0.2, 0) is 14.2 Å². The second kappa shape index (κ2) is 30.5. The van der Waals surface area contributed by atoms with Crippen LogP contribution < -0.4 is 44.4 Å². The largest absolute Gasteiger partial charge is 0.502 e. The van der Waals surface area contributed by atoms with Gasteiger partial charge >= 0.3 is 17.9 Å². The Hall–Kier alpha value is -9.84. The third-order valence-electron chi connectivity index (χ3n) is 11.0. The van der Waals surface area contributed by atoms with Crippen LogP contribution in [0.4, 0.5) is 34.9 Å². The number of aromatic nitrogens is 3. The van der Waals surface area contributed by atoms with Crippen LogP contribution in [0.1, 0.15) is 69.6 Å². The minimum absolute atomic E-state index is 0.160. The Morgan fingerprint density at radius 3 is 0.808 bits per heavy atom. The number of anilines is 6. The number of ether oxygens (including phenoxy) is 9. The standard InChI is InChI=1S/C60H60N6O12/c1-4-70-37-7-10-40-73-49-25-13-43(14-26-49)55(67)76-52-31-19-46(20-32-52)61-58-64-59(62-47-21-33-53(34-22-47)77-56(68)44-15-27-50(28-16-44)74-41-11-8-38-71-5-2)66-60(65-58)63-48-23-35-54(36-24-48)78-57(69)45-17-29-51(30-18-45)75-42-12-9-39-72-6-3/h4-6,13-36H,1-3,7-12,37-42H2,(H3,61,62,63,64,65,66). The predicted molar refractivity (Wildman–Crippen MR) is 296 cm³/mol. The molecular formula is C60H60N6O12. The molecule has 402 valence electrons. The molecule has 0 spiro atoms. The first-order valence-electron chi connectivity index (χ1n) is 25.1. The summed E-state index contributed by atoms with van der Waals surface area (Å²) in [6, 6.07) is 40.3. The number of nitrogens with one attached hydrogen (secondary N) is 3. The summed E-state index contributed by atoms with van der Waals surface area (Å²) < 4.78 is 49.6. The van der Waals surface area contributed by atoms with E-state index in [0.717, 1.165) is 38.5 Å². The molecule has 6 aromatic carbocycles. The molecule has 7 rings (SSSR count). The Morgan fingerprint density at radius 2 is 0.564 bits per heavy atom. The van der Waals surface area contributed by atoms with Gasteiger partial charge in [-0.15, -0.1) is 0 Å². The van der Waals surface area contributed by atoms with E-state index in [1.54, 1.807) is 146 Å². The highest BCUT2D eigenvalue weighted by atomic mass is 16.5. The number of unbranched alkanes of at least 4 members (excludes halogenated alkanes) is 3. The van der Waals surface area contributed by atoms with Crippen molar-refractivity contribution in [2.45, 2.75) is 38.5 Å². The van der Waals surface area contributed by atoms with Crippen LogP contribution in [0.3, 0.4) is 0 Å². The van der Waals surface area contributed by atoms with E-state index in [1.165, 1.54) is 18.8 Å². The van der Waals surface area contributed by atoms with Gasteiger partial charge in [-0.05, 0) is 184 Å². The Bertz CT molecular complexity index is 2670. The first-order valence-corrected chi connectivity index (χ1v) is 25.1. The Morgan fingerprint density at radius 1 is 0.333 bits per heavy atom. The maximum absolute atomic E-state index is 13.0. The monoisotopic (exact) mass is 1060 g/mol. The zero-order valence-corrected chi connectivity index (χ0v) is 42.9. The lowest BCUT2D eigenvalue weighted by Gasteiger charge is -2.13. The van der Waals surface area contributed by atoms with E-state index in [1.807, 2.05) is 0 Å². The number of hydrogen-bond acceptors (Lipinski definition) is 18. The van der Waals surface area contributed by atoms with Gasteiger partial charge in [0, 0.05) is 17.1 Å². The van der Waals surface area contributed by atoms with Gasteiger partial charge in [-0.3, -0.25) is 0 Å². The molecule has 0 aliphatic heterocycles. The fraction of sp³-hybridized carbons (Fsp3) is 0.200. The highest BCUT2D eigenvalue weighted by Crippen LogP contribution is 2.27. The third-order valence-corrected chi connectivity index (χ3v) is 11.0. The van der Waals surface area contributed by atoms with Crippen molar-refractivity contribution in [2.24, 2.45) is 0 Å². The third kappa shape index (κ3) is 18.8. The summed E-state index contributed by atoms with van der Waals surface area (Å²) in [7, 11) is 0. The van der Waals surface area contributed by atoms with Gasteiger partial charge in [0.25, 0.3) is 0 Å². The molecule has 0 bridgehead atoms. The Balaban J connectivity index is 0.980. The van der Waals surface area contributed by atoms with Gasteiger partial charge in [0.05, 0.1) is 75.1 Å². The summed E-state index contributed by atoms with van der Waals surface area (Å²) in [5, 5.41) is 9.57. The first kappa shape index (κ1) is 55.9. The number of nitrogens with zero attached hydrogens (tertiary/aromatic N) is 3. The SMILES string of the molecule is C=COCCCCOc1ccc(C(=O)Oc2ccc(Nc3nc(Nc4ccc(OC(=O)c5ccc(OCCCCOC=C)cc5)cc4)nc(Nc4ccc(OC(=O)c5ccc(OCCCCOC=C)cc5)cc4)n3)cc2)cc1. The van der Waals surface area contributed by atoms with Crippen molar-refractivity contribution in [3.8, 4) is 34.5 Å². The van der Waals surface area contributed by atoms with Crippen molar-refractivity contribution in [3.63, 3.8) is 0 Å². The normalized spacial score (nSPS) is 10.5. The average molecular weight is 1060 g/mol. The highest BCUT2D eigenvalue weighted by Gasteiger charge is 2.15. The van der Waals surface area contributed by atoms with Gasteiger partial charge in [-0.25, -0.2) is 14.4 Å². The number of carbonyl (C=O) groups is 3. The Labute approximate surface area is 452 Å². The molecule has 3 N–H and O–H groups in total. The molecule has 18 heteroatoms. The Kier molecular flexibility index (Phi) is 21.9. The predicted octanol–water partition coefficient (Wildman–Crippen LogP) is 12.7. The van der Waals surface area contributed by atoms with Crippen molar-refractivity contribution < 1.29 is 57.0 Å². The zero-order chi connectivity index (χ0) is 54.6. The van der Waals surface area contributed by atoms with Crippen LogP contribution in [0, 0.1) is 0 Å². The topological polar surface area (TPSA) is 209 Å². The molecule has 0 unspecified atom stereocenters. The van der Waals surface area contributed by atoms with Crippen molar-refractivity contribution in [1.82, 2.24) is 15.0 Å². The molecule has 0 amide bonds. The van der Waals surface area contributed by atoms with E-state index in [9.17, 15) is 14.4 Å². The van der Waals surface area contributed by atoms with Crippen molar-refractivity contribution in [3.05, 3.63) is 201 Å². The molecule has 1 aromatic heterocycles. The molecular weight excluding hydrogens is 997 g/mol. The second-order valence-corrected chi connectivity index (χ2v) is 16.8. The molecule has 0 saturated carbocycles. The summed E-state index contributed by atoms with van der Waals surface area (Å²) in [6.45, 7) is 13.9.